The van der Waals surface area contributed by atoms with E-state index in [9.17, 15) is 18.7 Å². The normalized spacial score (nSPS) is 12.6. The monoisotopic (exact) mass is 444 g/mol. The maximum absolute atomic E-state index is 14.5. The molecule has 0 spiro atoms. The summed E-state index contributed by atoms with van der Waals surface area (Å²) in [6.07, 6.45) is 2.68. The predicted octanol–water partition coefficient (Wildman–Crippen LogP) is 3.57. The average molecular weight is 444 g/mol. The SMILES string of the molecule is CC(C)Nc1cc(Nc2cc3nccnc3cc2F)ncc1C(=O)NCC(F)C(C)(C)O. The average Bonchev–Trinajstić information content (AvgIpc) is 2.71. The first-order valence-electron chi connectivity index (χ1n) is 10.1. The highest BCUT2D eigenvalue weighted by Gasteiger charge is 2.27. The number of aliphatic hydroxyl groups is 1. The Morgan fingerprint density at radius 2 is 1.75 bits per heavy atom. The van der Waals surface area contributed by atoms with Crippen LogP contribution in [0.5, 0.6) is 0 Å². The number of rotatable bonds is 8. The lowest BCUT2D eigenvalue weighted by molar-refractivity contribution is -0.00177. The molecule has 3 aromatic rings. The third-order valence-electron chi connectivity index (χ3n) is 4.62. The number of aromatic nitrogens is 3. The number of nitrogens with zero attached hydrogens (tertiary/aromatic N) is 3. The number of hydrogen-bond donors (Lipinski definition) is 4. The van der Waals surface area contributed by atoms with Gasteiger partial charge in [0, 0.05) is 36.8 Å². The second-order valence-corrected chi connectivity index (χ2v) is 8.25. The zero-order chi connectivity index (χ0) is 23.5. The Hall–Kier alpha value is -3.40. The molecule has 1 amide bonds. The summed E-state index contributed by atoms with van der Waals surface area (Å²) < 4.78 is 28.5. The lowest BCUT2D eigenvalue weighted by atomic mass is 10.0. The van der Waals surface area contributed by atoms with Gasteiger partial charge in [0.05, 0.1) is 40.1 Å². The summed E-state index contributed by atoms with van der Waals surface area (Å²) in [6, 6.07) is 4.34. The number of fused-ring (bicyclic) bond motifs is 1. The van der Waals surface area contributed by atoms with Gasteiger partial charge in [-0.3, -0.25) is 14.8 Å². The smallest absolute Gasteiger partial charge is 0.255 e. The first-order chi connectivity index (χ1) is 15.0. The fourth-order valence-corrected chi connectivity index (χ4v) is 2.88. The standard InChI is InChI=1S/C22H26F2N6O2/c1-12(2)29-15-9-20(27-10-13(15)21(31)28-11-19(24)22(3,4)32)30-16-8-18-17(7-14(16)23)25-5-6-26-18/h5-10,12,19,32H,11H2,1-4H3,(H,28,31)(H2,27,29,30). The van der Waals surface area contributed by atoms with Crippen molar-refractivity contribution >= 4 is 34.1 Å². The molecule has 0 aliphatic rings. The molecular formula is C22H26F2N6O2. The van der Waals surface area contributed by atoms with Gasteiger partial charge in [-0.15, -0.1) is 0 Å². The van der Waals surface area contributed by atoms with Crippen molar-refractivity contribution in [2.45, 2.75) is 45.5 Å². The summed E-state index contributed by atoms with van der Waals surface area (Å²) in [6.45, 7) is 6.09. The Kier molecular flexibility index (Phi) is 6.83. The van der Waals surface area contributed by atoms with Crippen molar-refractivity contribution in [3.05, 3.63) is 48.2 Å². The van der Waals surface area contributed by atoms with Crippen LogP contribution in [0.15, 0.2) is 36.8 Å². The Balaban J connectivity index is 1.85. The largest absolute Gasteiger partial charge is 0.387 e. The minimum atomic E-state index is -1.64. The Bertz CT molecular complexity index is 1120. The van der Waals surface area contributed by atoms with Crippen molar-refractivity contribution in [3.63, 3.8) is 0 Å². The van der Waals surface area contributed by atoms with Gasteiger partial charge in [-0.2, -0.15) is 0 Å². The van der Waals surface area contributed by atoms with Gasteiger partial charge in [-0.1, -0.05) is 0 Å². The van der Waals surface area contributed by atoms with Crippen molar-refractivity contribution in [1.29, 1.82) is 0 Å². The topological polar surface area (TPSA) is 112 Å². The number of halogens is 2. The first-order valence-corrected chi connectivity index (χ1v) is 10.1. The molecule has 0 radical (unpaired) electrons. The summed E-state index contributed by atoms with van der Waals surface area (Å²) in [5, 5.41) is 18.2. The number of carbonyl (C=O) groups excluding carboxylic acids is 1. The number of pyridine rings is 1. The van der Waals surface area contributed by atoms with Crippen LogP contribution in [0.4, 0.5) is 26.0 Å². The number of nitrogens with one attached hydrogen (secondary N) is 3. The van der Waals surface area contributed by atoms with Crippen LogP contribution in [0.2, 0.25) is 0 Å². The van der Waals surface area contributed by atoms with Gasteiger partial charge >= 0.3 is 0 Å². The zero-order valence-corrected chi connectivity index (χ0v) is 18.3. The number of carbonyl (C=O) groups is 1. The molecule has 0 aliphatic heterocycles. The van der Waals surface area contributed by atoms with Crippen molar-refractivity contribution in [1.82, 2.24) is 20.3 Å². The molecule has 1 atom stereocenters. The van der Waals surface area contributed by atoms with E-state index in [2.05, 4.69) is 30.9 Å². The summed E-state index contributed by atoms with van der Waals surface area (Å²) in [4.78, 5) is 25.1. The van der Waals surface area contributed by atoms with Crippen LogP contribution < -0.4 is 16.0 Å². The molecule has 2 aromatic heterocycles. The van der Waals surface area contributed by atoms with E-state index in [0.717, 1.165) is 0 Å². The number of hydrogen-bond acceptors (Lipinski definition) is 7. The first kappa shape index (κ1) is 23.3. The predicted molar refractivity (Wildman–Crippen MR) is 119 cm³/mol. The van der Waals surface area contributed by atoms with Gasteiger partial charge in [0.2, 0.25) is 0 Å². The van der Waals surface area contributed by atoms with Gasteiger partial charge in [-0.05, 0) is 33.8 Å². The molecule has 0 aliphatic carbocycles. The second-order valence-electron chi connectivity index (χ2n) is 8.25. The number of alkyl halides is 1. The lowest BCUT2D eigenvalue weighted by Gasteiger charge is -2.23. The second kappa shape index (κ2) is 9.39. The van der Waals surface area contributed by atoms with Crippen molar-refractivity contribution in [2.24, 2.45) is 0 Å². The third-order valence-corrected chi connectivity index (χ3v) is 4.62. The third kappa shape index (κ3) is 5.64. The maximum atomic E-state index is 14.5. The van der Waals surface area contributed by atoms with Crippen LogP contribution >= 0.6 is 0 Å². The molecule has 1 aromatic carbocycles. The van der Waals surface area contributed by atoms with Crippen molar-refractivity contribution < 1.29 is 18.7 Å². The number of benzene rings is 1. The molecule has 0 fully saturated rings. The van der Waals surface area contributed by atoms with Crippen LogP contribution in [0.3, 0.4) is 0 Å². The quantitative estimate of drug-likeness (QED) is 0.420. The van der Waals surface area contributed by atoms with Crippen LogP contribution in [0, 0.1) is 5.82 Å². The molecule has 2 heterocycles. The molecule has 3 rings (SSSR count). The zero-order valence-electron chi connectivity index (χ0n) is 18.3. The van der Waals surface area contributed by atoms with Crippen molar-refractivity contribution in [3.8, 4) is 0 Å². The Morgan fingerprint density at radius 3 is 2.38 bits per heavy atom. The fourth-order valence-electron chi connectivity index (χ4n) is 2.88. The number of amides is 1. The molecule has 10 heteroatoms. The number of anilines is 3. The maximum Gasteiger partial charge on any atom is 0.255 e. The fraction of sp³-hybridized carbons (Fsp3) is 0.364. The summed E-state index contributed by atoms with van der Waals surface area (Å²) in [5.74, 6) is -0.779. The highest BCUT2D eigenvalue weighted by Crippen LogP contribution is 2.26. The van der Waals surface area contributed by atoms with Gasteiger partial charge in [0.15, 0.2) is 0 Å². The van der Waals surface area contributed by atoms with Crippen LogP contribution in [0.25, 0.3) is 11.0 Å². The van der Waals surface area contributed by atoms with Crippen LogP contribution in [0.1, 0.15) is 38.1 Å². The van der Waals surface area contributed by atoms with E-state index in [1.807, 2.05) is 13.8 Å². The van der Waals surface area contributed by atoms with Gasteiger partial charge in [-0.25, -0.2) is 13.8 Å². The Morgan fingerprint density at radius 1 is 1.09 bits per heavy atom. The van der Waals surface area contributed by atoms with E-state index in [-0.39, 0.29) is 23.8 Å². The van der Waals surface area contributed by atoms with E-state index >= 15 is 0 Å². The molecule has 1 unspecified atom stereocenters. The van der Waals surface area contributed by atoms with E-state index < -0.39 is 23.5 Å². The molecule has 0 saturated carbocycles. The van der Waals surface area contributed by atoms with Crippen LogP contribution in [-0.4, -0.2) is 50.3 Å². The minimum Gasteiger partial charge on any atom is -0.387 e. The highest BCUT2D eigenvalue weighted by atomic mass is 19.1. The van der Waals surface area contributed by atoms with Crippen molar-refractivity contribution in [2.75, 3.05) is 17.2 Å². The summed E-state index contributed by atoms with van der Waals surface area (Å²) >= 11 is 0. The lowest BCUT2D eigenvalue weighted by Crippen LogP contribution is -2.42. The minimum absolute atomic E-state index is 0.0187. The van der Waals surface area contributed by atoms with Crippen LogP contribution in [-0.2, 0) is 0 Å². The molecular weight excluding hydrogens is 418 g/mol. The van der Waals surface area contributed by atoms with E-state index in [1.165, 1.54) is 44.6 Å². The molecule has 0 saturated heterocycles. The van der Waals surface area contributed by atoms with Gasteiger partial charge in [0.25, 0.3) is 5.91 Å². The molecule has 8 nitrogen and oxygen atoms in total. The van der Waals surface area contributed by atoms with E-state index in [1.54, 1.807) is 6.07 Å². The van der Waals surface area contributed by atoms with Gasteiger partial charge < -0.3 is 21.1 Å². The van der Waals surface area contributed by atoms with Gasteiger partial charge in [0.1, 0.15) is 17.8 Å². The summed E-state index contributed by atoms with van der Waals surface area (Å²) in [7, 11) is 0. The van der Waals surface area contributed by atoms with E-state index in [4.69, 9.17) is 0 Å². The van der Waals surface area contributed by atoms with E-state index in [0.29, 0.717) is 22.5 Å². The Labute approximate surface area is 184 Å². The summed E-state index contributed by atoms with van der Waals surface area (Å²) in [5.41, 5.74) is 0.151. The highest BCUT2D eigenvalue weighted by molar-refractivity contribution is 6.00. The molecule has 4 N–H and O–H groups in total. The molecule has 170 valence electrons. The molecule has 32 heavy (non-hydrogen) atoms. The molecule has 0 bridgehead atoms.